The van der Waals surface area contributed by atoms with Crippen LogP contribution in [0.4, 0.5) is 34.5 Å². The maximum atomic E-state index is 14.5. The van der Waals surface area contributed by atoms with Gasteiger partial charge in [-0.25, -0.2) is 4.98 Å². The Bertz CT molecular complexity index is 2940. The zero-order chi connectivity index (χ0) is 48.3. The van der Waals surface area contributed by atoms with E-state index < -0.39 is 18.6 Å². The number of amides is 3. The Morgan fingerprint density at radius 2 is 1.67 bits per heavy atom. The Morgan fingerprint density at radius 3 is 2.41 bits per heavy atom. The third-order valence-electron chi connectivity index (χ3n) is 15.7. The summed E-state index contributed by atoms with van der Waals surface area (Å²) in [5.41, 5.74) is 8.35. The van der Waals surface area contributed by atoms with Gasteiger partial charge in [0.05, 0.1) is 33.4 Å². The van der Waals surface area contributed by atoms with Crippen LogP contribution in [0.15, 0.2) is 65.3 Å². The van der Waals surface area contributed by atoms with Gasteiger partial charge in [0.1, 0.15) is 24.8 Å². The first kappa shape index (κ1) is 46.9. The first-order valence-electron chi connectivity index (χ1n) is 25.3. The lowest BCUT2D eigenvalue weighted by Gasteiger charge is -2.43. The zero-order valence-electron chi connectivity index (χ0n) is 40.4. The number of hydrogen-bond acceptors (Lipinski definition) is 13. The fraction of sp³-hybridized carbons (Fsp3) is 0.472. The summed E-state index contributed by atoms with van der Waals surface area (Å²) in [7, 11) is -2.64. The molecule has 1 spiro atoms. The second kappa shape index (κ2) is 19.0. The highest BCUT2D eigenvalue weighted by molar-refractivity contribution is 9.10. The molecule has 3 N–H and O–H groups in total. The van der Waals surface area contributed by atoms with Crippen LogP contribution in [0.2, 0.25) is 0 Å². The fourth-order valence-corrected chi connectivity index (χ4v) is 15.6. The van der Waals surface area contributed by atoms with Gasteiger partial charge in [0.15, 0.2) is 0 Å². The van der Waals surface area contributed by atoms with E-state index in [-0.39, 0.29) is 24.1 Å². The molecule has 2 aromatic heterocycles. The van der Waals surface area contributed by atoms with Crippen LogP contribution in [0.3, 0.4) is 0 Å². The monoisotopic (exact) mass is 1030 g/mol. The lowest BCUT2D eigenvalue weighted by molar-refractivity contribution is -0.135. The summed E-state index contributed by atoms with van der Waals surface area (Å²) in [5, 5.41) is 11.2. The first-order valence-corrected chi connectivity index (χ1v) is 28.1. The zero-order valence-corrected chi connectivity index (χ0v) is 42.8. The summed E-state index contributed by atoms with van der Waals surface area (Å²) in [5.74, 6) is 1.12. The third kappa shape index (κ3) is 8.76. The predicted molar refractivity (Wildman–Crippen MR) is 279 cm³/mol. The van der Waals surface area contributed by atoms with E-state index in [4.69, 9.17) is 14.7 Å². The molecule has 3 aromatic carbocycles. The molecule has 7 heterocycles. The molecule has 0 radical (unpaired) electrons. The molecule has 1 unspecified atom stereocenters. The highest BCUT2D eigenvalue weighted by Gasteiger charge is 2.62. The molecule has 70 heavy (non-hydrogen) atoms. The molecule has 17 heteroatoms. The van der Waals surface area contributed by atoms with Crippen molar-refractivity contribution in [2.45, 2.75) is 96.1 Å². The number of aryl methyl sites for hydroxylation is 2. The van der Waals surface area contributed by atoms with Crippen molar-refractivity contribution >= 4 is 91.5 Å². The van der Waals surface area contributed by atoms with E-state index in [0.717, 1.165) is 147 Å². The topological polar surface area (TPSA) is 165 Å². The molecule has 1 saturated carbocycles. The number of carbonyl (C=O) groups is 3. The van der Waals surface area contributed by atoms with Crippen LogP contribution in [0.25, 0.3) is 10.9 Å². The average molecular weight is 1030 g/mol. The average Bonchev–Trinajstić information content (AvgIpc) is 3.98. The minimum absolute atomic E-state index is 0.0269. The van der Waals surface area contributed by atoms with Crippen molar-refractivity contribution in [3.63, 3.8) is 0 Å². The number of imide groups is 1. The number of halogens is 1. The van der Waals surface area contributed by atoms with Gasteiger partial charge < -0.3 is 29.7 Å². The molecule has 1 aliphatic carbocycles. The Kier molecular flexibility index (Phi) is 12.7. The second-order valence-electron chi connectivity index (χ2n) is 20.1. The van der Waals surface area contributed by atoms with Crippen molar-refractivity contribution in [2.24, 2.45) is 0 Å². The third-order valence-corrected chi connectivity index (χ3v) is 19.7. The molecule has 366 valence electrons. The quantitative estimate of drug-likeness (QED) is 0.0767. The lowest BCUT2D eigenvalue weighted by atomic mass is 9.91. The van der Waals surface area contributed by atoms with Crippen molar-refractivity contribution in [1.29, 1.82) is 0 Å². The molecule has 1 atom stereocenters. The summed E-state index contributed by atoms with van der Waals surface area (Å²) in [4.78, 5) is 62.5. The number of piperidine rings is 2. The summed E-state index contributed by atoms with van der Waals surface area (Å²) in [6.07, 6.45) is 10.3. The minimum Gasteiger partial charge on any atom is -0.492 e. The molecular weight excluding hydrogens is 968 g/mol. The van der Waals surface area contributed by atoms with E-state index in [0.29, 0.717) is 47.6 Å². The Labute approximate surface area is 418 Å². The summed E-state index contributed by atoms with van der Waals surface area (Å²) in [6, 6.07) is 18.4. The van der Waals surface area contributed by atoms with Gasteiger partial charge >= 0.3 is 0 Å². The van der Waals surface area contributed by atoms with Gasteiger partial charge in [0.2, 0.25) is 23.7 Å². The molecule has 6 aliphatic rings. The van der Waals surface area contributed by atoms with E-state index in [9.17, 15) is 18.9 Å². The molecule has 4 saturated heterocycles. The maximum Gasteiger partial charge on any atom is 0.249 e. The standard InChI is InChI=1S/C53H62BrN10O5P/c1-4-69-45-31-44(33(2)30-41(45)58-52-55-32-38(54)49(60-52)57-40-13-12-39-37(11-10-34(3)56-39)48(40)70(68)28-5-6-29-70)63-22-17-36(18-23-63)62-26-24-61(25-27-62)21-16-35-8-7-9-42-47(35)53(19-20-53)51(67)64(42)43-14-15-46(65)59-50(43)66/h7-13,30-32,36,43H,4-6,14-29H2,1-3H3,(H,59,65,66)(H2,55,57,58,60). The highest BCUT2D eigenvalue weighted by atomic mass is 79.9. The van der Waals surface area contributed by atoms with Gasteiger partial charge in [0, 0.05) is 111 Å². The van der Waals surface area contributed by atoms with Crippen molar-refractivity contribution in [3.05, 3.63) is 87.7 Å². The number of piperazine rings is 1. The van der Waals surface area contributed by atoms with Crippen LogP contribution >= 0.6 is 23.1 Å². The van der Waals surface area contributed by atoms with Crippen LogP contribution in [0.5, 0.6) is 5.75 Å². The number of ether oxygens (including phenoxy) is 1. The number of fused-ring (bicyclic) bond motifs is 3. The molecular formula is C53H62BrN10O5P. The first-order chi connectivity index (χ1) is 33.9. The van der Waals surface area contributed by atoms with Crippen LogP contribution in [0, 0.1) is 13.8 Å². The summed E-state index contributed by atoms with van der Waals surface area (Å²) < 4.78 is 21.4. The second-order valence-corrected chi connectivity index (χ2v) is 24.1. The predicted octanol–water partition coefficient (Wildman–Crippen LogP) is 8.08. The lowest BCUT2D eigenvalue weighted by Crippen LogP contribution is -2.54. The van der Waals surface area contributed by atoms with Crippen molar-refractivity contribution in [3.8, 4) is 5.75 Å². The molecule has 15 nitrogen and oxygen atoms in total. The summed E-state index contributed by atoms with van der Waals surface area (Å²) in [6.45, 7) is 13.6. The van der Waals surface area contributed by atoms with Crippen LogP contribution in [-0.4, -0.2) is 119 Å². The van der Waals surface area contributed by atoms with Crippen LogP contribution in [-0.2, 0) is 30.8 Å². The number of nitrogens with one attached hydrogen (secondary N) is 3. The van der Waals surface area contributed by atoms with E-state index in [2.05, 4.69) is 82.8 Å². The normalized spacial score (nSPS) is 21.4. The van der Waals surface area contributed by atoms with Crippen molar-refractivity contribution < 1.29 is 23.7 Å². The van der Waals surface area contributed by atoms with Crippen LogP contribution < -0.4 is 35.8 Å². The van der Waals surface area contributed by atoms with Gasteiger partial charge in [0.25, 0.3) is 0 Å². The fourth-order valence-electron chi connectivity index (χ4n) is 12.0. The van der Waals surface area contributed by atoms with Gasteiger partial charge in [-0.3, -0.25) is 34.5 Å². The maximum absolute atomic E-state index is 14.5. The van der Waals surface area contributed by atoms with Gasteiger partial charge in [-0.2, -0.15) is 4.98 Å². The molecule has 3 amide bonds. The Hall–Kier alpha value is -5.41. The van der Waals surface area contributed by atoms with Gasteiger partial charge in [-0.1, -0.05) is 18.2 Å². The van der Waals surface area contributed by atoms with E-state index in [1.807, 2.05) is 44.2 Å². The Morgan fingerprint density at radius 1 is 0.886 bits per heavy atom. The largest absolute Gasteiger partial charge is 0.492 e. The number of rotatable bonds is 13. The minimum atomic E-state index is -2.64. The van der Waals surface area contributed by atoms with Gasteiger partial charge in [-0.05, 0) is 135 Å². The summed E-state index contributed by atoms with van der Waals surface area (Å²) >= 11 is 3.68. The molecule has 11 rings (SSSR count). The number of aromatic nitrogens is 3. The van der Waals surface area contributed by atoms with Crippen LogP contribution in [0.1, 0.15) is 80.7 Å². The van der Waals surface area contributed by atoms with E-state index >= 15 is 0 Å². The number of benzene rings is 3. The Balaban J connectivity index is 0.716. The highest BCUT2D eigenvalue weighted by Crippen LogP contribution is 2.59. The molecule has 0 bridgehead atoms. The SMILES string of the molecule is CCOc1cc(N2CCC(N3CCN(CCc4cccc5c4C4(CC4)C(=O)N5C4CCC(=O)NC4=O)CC3)CC2)c(C)cc1Nc1ncc(Br)c(Nc2ccc3nc(C)ccc3c2P2(=O)CCCC2)n1. The molecule has 5 aromatic rings. The van der Waals surface area contributed by atoms with E-state index in [1.165, 1.54) is 11.3 Å². The molecule has 5 fully saturated rings. The van der Waals surface area contributed by atoms with E-state index in [1.54, 1.807) is 11.1 Å². The van der Waals surface area contributed by atoms with Crippen molar-refractivity contribution in [1.82, 2.24) is 30.1 Å². The number of pyridine rings is 1. The number of hydrogen-bond donors (Lipinski definition) is 3. The number of nitrogens with zero attached hydrogens (tertiary/aromatic N) is 7. The number of carbonyl (C=O) groups excluding carboxylic acids is 3. The molecule has 5 aliphatic heterocycles. The smallest absolute Gasteiger partial charge is 0.249 e. The van der Waals surface area contributed by atoms with Gasteiger partial charge in [-0.15, -0.1) is 0 Å². The van der Waals surface area contributed by atoms with Crippen molar-refractivity contribution in [2.75, 3.05) is 85.2 Å². The number of anilines is 6.